The molecule has 13 heteroatoms. The molecular formula is C17H19N7O5S. The lowest BCUT2D eigenvalue weighted by atomic mass is 10.2. The molecule has 0 unspecified atom stereocenters. The topological polar surface area (TPSA) is 157 Å². The fourth-order valence-electron chi connectivity index (χ4n) is 2.91. The van der Waals surface area contributed by atoms with Crippen molar-refractivity contribution >= 4 is 44.8 Å². The van der Waals surface area contributed by atoms with Crippen LogP contribution in [0.25, 0.3) is 10.9 Å². The van der Waals surface area contributed by atoms with E-state index in [0.29, 0.717) is 11.3 Å². The van der Waals surface area contributed by atoms with Gasteiger partial charge < -0.3 is 14.6 Å². The van der Waals surface area contributed by atoms with Gasteiger partial charge in [-0.1, -0.05) is 18.2 Å². The van der Waals surface area contributed by atoms with E-state index in [0.717, 1.165) is 7.11 Å². The van der Waals surface area contributed by atoms with E-state index >= 15 is 0 Å². The van der Waals surface area contributed by atoms with Crippen LogP contribution in [0.15, 0.2) is 29.2 Å². The fourth-order valence-corrected chi connectivity index (χ4v) is 4.24. The van der Waals surface area contributed by atoms with Crippen LogP contribution in [0.5, 0.6) is 0 Å². The number of ether oxygens (including phenoxy) is 1. The average molecular weight is 433 g/mol. The lowest BCUT2D eigenvalue weighted by molar-refractivity contribution is 0.0585. The fraction of sp³-hybridized carbons (Fsp3) is 0.235. The standard InChI is InChI=1S/C17H19N7O5S/c1-9-19-15(18-2)21-16(20-9)22-17(26)23-30(27,28)13-10-7-5-6-8-11(10)24(3)12(13)14(25)29-4/h5-8H,1-4H3,(H3,18,19,20,21,22,23,26). The number of aryl methyl sites for hydroxylation is 2. The maximum atomic E-state index is 13.0. The van der Waals surface area contributed by atoms with Crippen molar-refractivity contribution in [3.8, 4) is 0 Å². The Balaban J connectivity index is 2.00. The number of carbonyl (C=O) groups is 2. The molecule has 1 aromatic carbocycles. The number of benzene rings is 1. The summed E-state index contributed by atoms with van der Waals surface area (Å²) in [7, 11) is -0.220. The number of fused-ring (bicyclic) bond motifs is 1. The molecular weight excluding hydrogens is 414 g/mol. The molecule has 0 aliphatic heterocycles. The van der Waals surface area contributed by atoms with Gasteiger partial charge in [0, 0.05) is 25.0 Å². The summed E-state index contributed by atoms with van der Waals surface area (Å²) in [6, 6.07) is 5.39. The summed E-state index contributed by atoms with van der Waals surface area (Å²) in [5.74, 6) is -0.496. The van der Waals surface area contributed by atoms with E-state index in [9.17, 15) is 18.0 Å². The minimum absolute atomic E-state index is 0.148. The summed E-state index contributed by atoms with van der Waals surface area (Å²) in [5.41, 5.74) is 0.262. The van der Waals surface area contributed by atoms with E-state index in [1.807, 2.05) is 4.72 Å². The van der Waals surface area contributed by atoms with Crippen LogP contribution < -0.4 is 15.4 Å². The van der Waals surface area contributed by atoms with Gasteiger partial charge in [-0.2, -0.15) is 15.0 Å². The Hall–Kier alpha value is -3.74. The van der Waals surface area contributed by atoms with Gasteiger partial charge in [-0.3, -0.25) is 5.32 Å². The predicted octanol–water partition coefficient (Wildman–Crippen LogP) is 1.01. The third-order valence-electron chi connectivity index (χ3n) is 4.13. The lowest BCUT2D eigenvalue weighted by Crippen LogP contribution is -2.35. The third kappa shape index (κ3) is 3.87. The van der Waals surface area contributed by atoms with Crippen molar-refractivity contribution in [2.45, 2.75) is 11.8 Å². The Kier molecular flexibility index (Phi) is 5.56. The highest BCUT2D eigenvalue weighted by molar-refractivity contribution is 7.90. The SMILES string of the molecule is CNc1nc(C)nc(NC(=O)NS(=O)(=O)c2c(C(=O)OC)n(C)c3ccccc23)n1. The number of para-hydroxylation sites is 1. The molecule has 158 valence electrons. The molecule has 0 aliphatic rings. The number of nitrogens with one attached hydrogen (secondary N) is 3. The highest BCUT2D eigenvalue weighted by Gasteiger charge is 2.32. The quantitative estimate of drug-likeness (QED) is 0.499. The molecule has 3 aromatic rings. The molecule has 0 atom stereocenters. The Bertz CT molecular complexity index is 1250. The highest BCUT2D eigenvalue weighted by Crippen LogP contribution is 2.30. The number of esters is 1. The second kappa shape index (κ2) is 7.94. The Labute approximate surface area is 171 Å². The van der Waals surface area contributed by atoms with Gasteiger partial charge in [0.05, 0.1) is 7.11 Å². The number of hydrogen-bond donors (Lipinski definition) is 3. The first kappa shape index (κ1) is 21.0. The predicted molar refractivity (Wildman–Crippen MR) is 108 cm³/mol. The maximum Gasteiger partial charge on any atom is 0.356 e. The van der Waals surface area contributed by atoms with Gasteiger partial charge in [-0.15, -0.1) is 0 Å². The number of anilines is 2. The molecule has 2 aromatic heterocycles. The molecule has 0 bridgehead atoms. The van der Waals surface area contributed by atoms with Crippen LogP contribution in [-0.4, -0.2) is 54.1 Å². The molecule has 0 radical (unpaired) electrons. The number of carbonyl (C=O) groups excluding carboxylic acids is 2. The molecule has 0 saturated heterocycles. The van der Waals surface area contributed by atoms with Crippen LogP contribution >= 0.6 is 0 Å². The third-order valence-corrected chi connectivity index (χ3v) is 5.54. The summed E-state index contributed by atoms with van der Waals surface area (Å²) in [6.45, 7) is 1.58. The molecule has 2 heterocycles. The van der Waals surface area contributed by atoms with Gasteiger partial charge in [0.1, 0.15) is 16.4 Å². The molecule has 30 heavy (non-hydrogen) atoms. The first-order valence-corrected chi connectivity index (χ1v) is 10.1. The van der Waals surface area contributed by atoms with Crippen molar-refractivity contribution in [1.82, 2.24) is 24.2 Å². The second-order valence-corrected chi connectivity index (χ2v) is 7.70. The summed E-state index contributed by atoms with van der Waals surface area (Å²) in [5, 5.41) is 5.20. The zero-order valence-corrected chi connectivity index (χ0v) is 17.4. The smallest absolute Gasteiger partial charge is 0.356 e. The number of sulfonamides is 1. The second-order valence-electron chi connectivity index (χ2n) is 6.08. The number of methoxy groups -OCH3 is 1. The van der Waals surface area contributed by atoms with Crippen LogP contribution in [-0.2, 0) is 21.8 Å². The molecule has 0 aliphatic carbocycles. The summed E-state index contributed by atoms with van der Waals surface area (Å²) in [4.78, 5) is 36.1. The Morgan fingerprint density at radius 3 is 2.43 bits per heavy atom. The van der Waals surface area contributed by atoms with Crippen LogP contribution in [0.3, 0.4) is 0 Å². The van der Waals surface area contributed by atoms with Gasteiger partial charge in [0.15, 0.2) is 0 Å². The number of amides is 2. The first-order valence-electron chi connectivity index (χ1n) is 8.58. The largest absolute Gasteiger partial charge is 0.464 e. The Morgan fingerprint density at radius 1 is 1.10 bits per heavy atom. The molecule has 0 saturated carbocycles. The van der Waals surface area contributed by atoms with Crippen molar-refractivity contribution < 1.29 is 22.7 Å². The zero-order valence-electron chi connectivity index (χ0n) is 16.5. The molecule has 2 amide bonds. The number of nitrogens with zero attached hydrogens (tertiary/aromatic N) is 4. The van der Waals surface area contributed by atoms with E-state index in [1.165, 1.54) is 17.7 Å². The molecule has 3 N–H and O–H groups in total. The number of urea groups is 1. The van der Waals surface area contributed by atoms with Gasteiger partial charge >= 0.3 is 12.0 Å². The van der Waals surface area contributed by atoms with Gasteiger partial charge in [0.25, 0.3) is 10.0 Å². The number of aromatic nitrogens is 4. The monoisotopic (exact) mass is 433 g/mol. The normalized spacial score (nSPS) is 11.2. The van der Waals surface area contributed by atoms with E-state index in [2.05, 4.69) is 25.6 Å². The van der Waals surface area contributed by atoms with Crippen LogP contribution in [0.1, 0.15) is 16.3 Å². The number of hydrogen-bond acceptors (Lipinski definition) is 9. The van der Waals surface area contributed by atoms with E-state index in [1.54, 1.807) is 32.2 Å². The lowest BCUT2D eigenvalue weighted by Gasteiger charge is -2.10. The van der Waals surface area contributed by atoms with Crippen molar-refractivity contribution in [3.63, 3.8) is 0 Å². The summed E-state index contributed by atoms with van der Waals surface area (Å²) in [6.07, 6.45) is 0. The zero-order chi connectivity index (χ0) is 22.1. The van der Waals surface area contributed by atoms with Crippen LogP contribution in [0.4, 0.5) is 16.7 Å². The van der Waals surface area contributed by atoms with Crippen LogP contribution in [0, 0.1) is 6.92 Å². The van der Waals surface area contributed by atoms with Crippen LogP contribution in [0.2, 0.25) is 0 Å². The number of rotatable bonds is 5. The molecule has 3 rings (SSSR count). The van der Waals surface area contributed by atoms with Gasteiger partial charge in [-0.05, 0) is 13.0 Å². The first-order chi connectivity index (χ1) is 14.2. The van der Waals surface area contributed by atoms with Crippen molar-refractivity contribution in [3.05, 3.63) is 35.8 Å². The minimum atomic E-state index is -4.47. The molecule has 0 fully saturated rings. The maximum absolute atomic E-state index is 13.0. The van der Waals surface area contributed by atoms with Crippen molar-refractivity contribution in [2.75, 3.05) is 24.8 Å². The highest BCUT2D eigenvalue weighted by atomic mass is 32.2. The minimum Gasteiger partial charge on any atom is -0.464 e. The summed E-state index contributed by atoms with van der Waals surface area (Å²) >= 11 is 0. The van der Waals surface area contributed by atoms with Crippen molar-refractivity contribution in [1.29, 1.82) is 0 Å². The average Bonchev–Trinajstić information content (AvgIpc) is 3.00. The van der Waals surface area contributed by atoms with Gasteiger partial charge in [0.2, 0.25) is 11.9 Å². The molecule has 0 spiro atoms. The Morgan fingerprint density at radius 2 is 1.77 bits per heavy atom. The molecule has 12 nitrogen and oxygen atoms in total. The van der Waals surface area contributed by atoms with Crippen molar-refractivity contribution in [2.24, 2.45) is 7.05 Å². The van der Waals surface area contributed by atoms with E-state index < -0.39 is 22.0 Å². The van der Waals surface area contributed by atoms with Gasteiger partial charge in [-0.25, -0.2) is 22.7 Å². The summed E-state index contributed by atoms with van der Waals surface area (Å²) < 4.78 is 34.1. The van der Waals surface area contributed by atoms with E-state index in [4.69, 9.17) is 4.74 Å². The van der Waals surface area contributed by atoms with E-state index in [-0.39, 0.29) is 27.9 Å².